The summed E-state index contributed by atoms with van der Waals surface area (Å²) in [4.78, 5) is 23.4. The lowest BCUT2D eigenvalue weighted by atomic mass is 9.96. The van der Waals surface area contributed by atoms with Crippen LogP contribution in [0.5, 0.6) is 0 Å². The Bertz CT molecular complexity index is 313. The van der Waals surface area contributed by atoms with Crippen LogP contribution in [0.25, 0.3) is 0 Å². The van der Waals surface area contributed by atoms with Crippen molar-refractivity contribution in [2.45, 2.75) is 80.1 Å². The van der Waals surface area contributed by atoms with Gasteiger partial charge in [-0.15, -0.1) is 0 Å². The van der Waals surface area contributed by atoms with Crippen molar-refractivity contribution in [1.82, 2.24) is 0 Å². The van der Waals surface area contributed by atoms with Crippen molar-refractivity contribution in [1.29, 1.82) is 0 Å². The zero-order valence-electron chi connectivity index (χ0n) is 15.9. The van der Waals surface area contributed by atoms with Gasteiger partial charge in [-0.25, -0.2) is 0 Å². The normalized spacial score (nSPS) is 11.8. The number of carbonyl (C=O) groups is 2. The summed E-state index contributed by atoms with van der Waals surface area (Å²) >= 11 is 0. The van der Waals surface area contributed by atoms with E-state index in [1.165, 1.54) is 0 Å². The van der Waals surface area contributed by atoms with Crippen LogP contribution < -0.4 is 0 Å². The van der Waals surface area contributed by atoms with Crippen molar-refractivity contribution in [3.05, 3.63) is 0 Å². The van der Waals surface area contributed by atoms with Crippen LogP contribution in [0.4, 0.5) is 0 Å². The molecule has 0 spiro atoms. The monoisotopic (exact) mass is 328 g/mol. The fraction of sp³-hybridized carbons (Fsp3) is 0.895. The topological polar surface area (TPSA) is 52.6 Å². The molecule has 0 aliphatic rings. The minimum Gasteiger partial charge on any atom is -0.465 e. The van der Waals surface area contributed by atoms with Gasteiger partial charge in [0.2, 0.25) is 0 Å². The maximum absolute atomic E-state index is 11.7. The van der Waals surface area contributed by atoms with Crippen LogP contribution in [0.15, 0.2) is 0 Å². The van der Waals surface area contributed by atoms with E-state index in [1.807, 2.05) is 13.8 Å². The summed E-state index contributed by atoms with van der Waals surface area (Å²) in [5.74, 6) is 0.882. The smallest absolute Gasteiger partial charge is 0.305 e. The van der Waals surface area contributed by atoms with Crippen molar-refractivity contribution < 1.29 is 19.1 Å². The first-order chi connectivity index (χ1) is 10.6. The molecule has 0 rings (SSSR count). The average molecular weight is 328 g/mol. The van der Waals surface area contributed by atoms with Crippen LogP contribution in [0.1, 0.15) is 80.1 Å². The van der Waals surface area contributed by atoms with Crippen LogP contribution in [-0.4, -0.2) is 25.2 Å². The molecule has 0 unspecified atom stereocenters. The molecule has 4 heteroatoms. The molecule has 0 aromatic heterocycles. The van der Waals surface area contributed by atoms with E-state index in [-0.39, 0.29) is 30.6 Å². The molecule has 23 heavy (non-hydrogen) atoms. The van der Waals surface area contributed by atoms with Gasteiger partial charge in [-0.1, -0.05) is 54.4 Å². The van der Waals surface area contributed by atoms with Gasteiger partial charge in [0.1, 0.15) is 0 Å². The molecule has 0 atom stereocenters. The number of rotatable bonds is 12. The van der Waals surface area contributed by atoms with Crippen LogP contribution >= 0.6 is 0 Å². The van der Waals surface area contributed by atoms with E-state index in [9.17, 15) is 9.59 Å². The SMILES string of the molecule is CC(C)CCCC(=O)OCC(C)(C)COC(=O)CCCC(C)C. The van der Waals surface area contributed by atoms with E-state index in [1.54, 1.807) is 0 Å². The first kappa shape index (κ1) is 21.9. The zero-order valence-corrected chi connectivity index (χ0v) is 15.9. The lowest BCUT2D eigenvalue weighted by Crippen LogP contribution is -2.28. The maximum Gasteiger partial charge on any atom is 0.305 e. The van der Waals surface area contributed by atoms with E-state index >= 15 is 0 Å². The molecule has 0 aliphatic carbocycles. The molecule has 0 aromatic rings. The van der Waals surface area contributed by atoms with Crippen molar-refractivity contribution in [2.75, 3.05) is 13.2 Å². The van der Waals surface area contributed by atoms with Gasteiger partial charge in [-0.3, -0.25) is 9.59 Å². The third-order valence-electron chi connectivity index (χ3n) is 3.57. The van der Waals surface area contributed by atoms with Crippen molar-refractivity contribution >= 4 is 11.9 Å². The first-order valence-electron chi connectivity index (χ1n) is 8.93. The fourth-order valence-corrected chi connectivity index (χ4v) is 2.05. The van der Waals surface area contributed by atoms with Gasteiger partial charge in [0.15, 0.2) is 0 Å². The fourth-order valence-electron chi connectivity index (χ4n) is 2.05. The second-order valence-electron chi connectivity index (χ2n) is 8.06. The minimum absolute atomic E-state index is 0.165. The van der Waals surface area contributed by atoms with E-state index in [4.69, 9.17) is 9.47 Å². The van der Waals surface area contributed by atoms with Gasteiger partial charge < -0.3 is 9.47 Å². The van der Waals surface area contributed by atoms with Crippen LogP contribution in [0.2, 0.25) is 0 Å². The van der Waals surface area contributed by atoms with E-state index in [0.717, 1.165) is 25.7 Å². The van der Waals surface area contributed by atoms with E-state index < -0.39 is 0 Å². The molecular formula is C19H36O4. The summed E-state index contributed by atoms with van der Waals surface area (Å²) in [6.45, 7) is 13.0. The standard InChI is InChI=1S/C19H36O4/c1-15(2)9-7-11-17(20)22-13-19(5,6)14-23-18(21)12-8-10-16(3)4/h15-16H,7-14H2,1-6H3. The van der Waals surface area contributed by atoms with Crippen LogP contribution in [0, 0.1) is 17.3 Å². The Labute approximate surface area is 142 Å². The average Bonchev–Trinajstić information content (AvgIpc) is 2.42. The first-order valence-corrected chi connectivity index (χ1v) is 8.93. The molecule has 0 heterocycles. The lowest BCUT2D eigenvalue weighted by Gasteiger charge is -2.23. The minimum atomic E-state index is -0.346. The Morgan fingerprint density at radius 2 is 1.13 bits per heavy atom. The summed E-state index contributed by atoms with van der Waals surface area (Å²) in [6.07, 6.45) is 4.72. The van der Waals surface area contributed by atoms with Gasteiger partial charge in [0, 0.05) is 18.3 Å². The van der Waals surface area contributed by atoms with Gasteiger partial charge >= 0.3 is 11.9 Å². The Morgan fingerprint density at radius 3 is 1.43 bits per heavy atom. The number of hydrogen-bond acceptors (Lipinski definition) is 4. The summed E-state index contributed by atoms with van der Waals surface area (Å²) in [7, 11) is 0. The number of esters is 2. The largest absolute Gasteiger partial charge is 0.465 e. The van der Waals surface area contributed by atoms with Gasteiger partial charge in [0.25, 0.3) is 0 Å². The summed E-state index contributed by atoms with van der Waals surface area (Å²) in [5, 5.41) is 0. The Hall–Kier alpha value is -1.06. The van der Waals surface area contributed by atoms with Crippen molar-refractivity contribution in [3.63, 3.8) is 0 Å². The van der Waals surface area contributed by atoms with Crippen LogP contribution in [-0.2, 0) is 19.1 Å². The third-order valence-corrected chi connectivity index (χ3v) is 3.57. The molecule has 0 aliphatic heterocycles. The Morgan fingerprint density at radius 1 is 0.783 bits per heavy atom. The predicted octanol–water partition coefficient (Wildman–Crippen LogP) is 4.75. The van der Waals surface area contributed by atoms with Gasteiger partial charge in [0.05, 0.1) is 13.2 Å². The lowest BCUT2D eigenvalue weighted by molar-refractivity contribution is -0.152. The predicted molar refractivity (Wildman–Crippen MR) is 93.1 cm³/mol. The summed E-state index contributed by atoms with van der Waals surface area (Å²) in [5.41, 5.74) is -0.346. The number of ether oxygens (including phenoxy) is 2. The highest BCUT2D eigenvalue weighted by molar-refractivity contribution is 5.69. The quantitative estimate of drug-likeness (QED) is 0.485. The molecule has 0 bridgehead atoms. The second-order valence-corrected chi connectivity index (χ2v) is 8.06. The number of carbonyl (C=O) groups excluding carboxylic acids is 2. The molecule has 4 nitrogen and oxygen atoms in total. The molecule has 0 saturated carbocycles. The van der Waals surface area contributed by atoms with Crippen molar-refractivity contribution in [2.24, 2.45) is 17.3 Å². The van der Waals surface area contributed by atoms with Crippen molar-refractivity contribution in [3.8, 4) is 0 Å². The van der Waals surface area contributed by atoms with Crippen LogP contribution in [0.3, 0.4) is 0 Å². The molecule has 0 saturated heterocycles. The highest BCUT2D eigenvalue weighted by atomic mass is 16.5. The van der Waals surface area contributed by atoms with Gasteiger partial charge in [-0.2, -0.15) is 0 Å². The maximum atomic E-state index is 11.7. The molecule has 0 N–H and O–H groups in total. The molecule has 0 fully saturated rings. The highest BCUT2D eigenvalue weighted by Gasteiger charge is 2.22. The van der Waals surface area contributed by atoms with E-state index in [2.05, 4.69) is 27.7 Å². The van der Waals surface area contributed by atoms with E-state index in [0.29, 0.717) is 24.7 Å². The molecular weight excluding hydrogens is 292 g/mol. The Kier molecular flexibility index (Phi) is 10.9. The second kappa shape index (κ2) is 11.5. The number of hydrogen-bond donors (Lipinski definition) is 0. The molecule has 0 amide bonds. The molecule has 0 radical (unpaired) electrons. The zero-order chi connectivity index (χ0) is 17.9. The van der Waals surface area contributed by atoms with Gasteiger partial charge in [-0.05, 0) is 24.7 Å². The highest BCUT2D eigenvalue weighted by Crippen LogP contribution is 2.18. The Balaban J connectivity index is 3.86. The molecule has 0 aromatic carbocycles. The third kappa shape index (κ3) is 14.3. The summed E-state index contributed by atoms with van der Waals surface area (Å²) in [6, 6.07) is 0. The summed E-state index contributed by atoms with van der Waals surface area (Å²) < 4.78 is 10.6. The molecule has 136 valence electrons.